The maximum atomic E-state index is 13.7. The summed E-state index contributed by atoms with van der Waals surface area (Å²) in [5.41, 5.74) is 2.95. The lowest BCUT2D eigenvalue weighted by Gasteiger charge is -2.31. The summed E-state index contributed by atoms with van der Waals surface area (Å²) in [4.78, 5) is 37.1. The van der Waals surface area contributed by atoms with Crippen LogP contribution in [0.5, 0.6) is 5.75 Å². The molecular weight excluding hydrogens is 459 g/mol. The van der Waals surface area contributed by atoms with E-state index in [-0.39, 0.29) is 12.2 Å². The van der Waals surface area contributed by atoms with E-state index in [9.17, 15) is 14.0 Å². The van der Waals surface area contributed by atoms with Crippen molar-refractivity contribution in [3.63, 3.8) is 0 Å². The monoisotopic (exact) mass is 484 g/mol. The number of hydrogen-bond donors (Lipinski definition) is 1. The lowest BCUT2D eigenvalue weighted by Crippen LogP contribution is -2.41. The van der Waals surface area contributed by atoms with E-state index in [2.05, 4.69) is 15.3 Å². The number of carbonyl (C=O) groups is 2. The lowest BCUT2D eigenvalue weighted by atomic mass is 10.0. The van der Waals surface area contributed by atoms with Crippen LogP contribution in [0.25, 0.3) is 0 Å². The second-order valence-corrected chi connectivity index (χ2v) is 8.18. The summed E-state index contributed by atoms with van der Waals surface area (Å²) < 4.78 is 18.8. The molecule has 1 heterocycles. The molecule has 0 radical (unpaired) electrons. The Hall–Kier alpha value is -4.59. The van der Waals surface area contributed by atoms with Crippen LogP contribution in [0.2, 0.25) is 0 Å². The SMILES string of the molecule is COc1cccc([C@@H](C(=O)Nc2ccc(F)cc2)N(Cc2ccc(C)cc2)C(=O)c2cnccn2)c1. The van der Waals surface area contributed by atoms with E-state index in [0.717, 1.165) is 11.1 Å². The zero-order valence-electron chi connectivity index (χ0n) is 19.9. The summed E-state index contributed by atoms with van der Waals surface area (Å²) in [5, 5.41) is 2.81. The Balaban J connectivity index is 1.80. The van der Waals surface area contributed by atoms with Gasteiger partial charge in [-0.05, 0) is 54.4 Å². The van der Waals surface area contributed by atoms with Crippen LogP contribution < -0.4 is 10.1 Å². The van der Waals surface area contributed by atoms with Crippen LogP contribution in [-0.2, 0) is 11.3 Å². The summed E-state index contributed by atoms with van der Waals surface area (Å²) in [6, 6.07) is 19.1. The largest absolute Gasteiger partial charge is 0.497 e. The Morgan fingerprint density at radius 3 is 2.44 bits per heavy atom. The van der Waals surface area contributed by atoms with Crippen LogP contribution in [0, 0.1) is 12.7 Å². The average molecular weight is 485 g/mol. The second-order valence-electron chi connectivity index (χ2n) is 8.18. The van der Waals surface area contributed by atoms with Crippen LogP contribution in [0.4, 0.5) is 10.1 Å². The van der Waals surface area contributed by atoms with Gasteiger partial charge in [0.1, 0.15) is 23.3 Å². The number of carbonyl (C=O) groups excluding carboxylic acids is 2. The summed E-state index contributed by atoms with van der Waals surface area (Å²) in [7, 11) is 1.53. The van der Waals surface area contributed by atoms with Crippen LogP contribution in [0.15, 0.2) is 91.4 Å². The quantitative estimate of drug-likeness (QED) is 0.382. The molecule has 182 valence electrons. The van der Waals surface area contributed by atoms with Gasteiger partial charge in [0.05, 0.1) is 13.3 Å². The lowest BCUT2D eigenvalue weighted by molar-refractivity contribution is -0.121. The molecule has 0 saturated heterocycles. The fourth-order valence-electron chi connectivity index (χ4n) is 3.76. The molecule has 7 nitrogen and oxygen atoms in total. The molecule has 0 aliphatic carbocycles. The van der Waals surface area contributed by atoms with Crippen molar-refractivity contribution in [2.75, 3.05) is 12.4 Å². The Labute approximate surface area is 208 Å². The molecule has 4 aromatic rings. The first-order valence-electron chi connectivity index (χ1n) is 11.3. The number of halogens is 1. The van der Waals surface area contributed by atoms with Gasteiger partial charge < -0.3 is 15.0 Å². The van der Waals surface area contributed by atoms with E-state index in [1.807, 2.05) is 31.2 Å². The Bertz CT molecular complexity index is 1330. The third-order valence-corrected chi connectivity index (χ3v) is 5.60. The third kappa shape index (κ3) is 5.90. The van der Waals surface area contributed by atoms with E-state index in [1.54, 1.807) is 24.3 Å². The maximum absolute atomic E-state index is 13.7. The molecule has 3 aromatic carbocycles. The van der Waals surface area contributed by atoms with Gasteiger partial charge in [-0.1, -0.05) is 42.0 Å². The molecule has 0 unspecified atom stereocenters. The predicted molar refractivity (Wildman–Crippen MR) is 134 cm³/mol. The molecule has 0 aliphatic rings. The number of amides is 2. The number of aryl methyl sites for hydroxylation is 1. The number of nitrogens with one attached hydrogen (secondary N) is 1. The molecular formula is C28H25FN4O3. The second kappa shape index (κ2) is 11.2. The molecule has 1 aromatic heterocycles. The van der Waals surface area contributed by atoms with E-state index < -0.39 is 23.7 Å². The number of rotatable bonds is 8. The normalized spacial score (nSPS) is 11.4. The number of ether oxygens (including phenoxy) is 1. The fourth-order valence-corrected chi connectivity index (χ4v) is 3.76. The first-order chi connectivity index (χ1) is 17.4. The number of nitrogens with zero attached hydrogens (tertiary/aromatic N) is 3. The minimum absolute atomic E-state index is 0.104. The first-order valence-corrected chi connectivity index (χ1v) is 11.3. The van der Waals surface area contributed by atoms with Crippen molar-refractivity contribution in [3.05, 3.63) is 120 Å². The van der Waals surface area contributed by atoms with Crippen LogP contribution in [-0.4, -0.2) is 33.8 Å². The highest BCUT2D eigenvalue weighted by molar-refractivity contribution is 6.00. The molecule has 2 amide bonds. The minimum Gasteiger partial charge on any atom is -0.497 e. The van der Waals surface area contributed by atoms with E-state index >= 15 is 0 Å². The van der Waals surface area contributed by atoms with Crippen molar-refractivity contribution < 1.29 is 18.7 Å². The molecule has 0 aliphatic heterocycles. The molecule has 0 fully saturated rings. The smallest absolute Gasteiger partial charge is 0.275 e. The van der Waals surface area contributed by atoms with Crippen molar-refractivity contribution >= 4 is 17.5 Å². The highest BCUT2D eigenvalue weighted by Gasteiger charge is 2.33. The molecule has 0 bridgehead atoms. The topological polar surface area (TPSA) is 84.4 Å². The van der Waals surface area contributed by atoms with Crippen molar-refractivity contribution in [2.24, 2.45) is 0 Å². The van der Waals surface area contributed by atoms with Gasteiger partial charge in [-0.25, -0.2) is 9.37 Å². The standard InChI is InChI=1S/C28H25FN4O3/c1-19-6-8-20(9-7-19)18-33(28(35)25-17-30-14-15-31-25)26(21-4-3-5-24(16-21)36-2)27(34)32-23-12-10-22(29)11-13-23/h3-17,26H,18H2,1-2H3,(H,32,34)/t26-/m0/s1. The summed E-state index contributed by atoms with van der Waals surface area (Å²) in [6.07, 6.45) is 4.27. The number of aromatic nitrogens is 2. The summed E-state index contributed by atoms with van der Waals surface area (Å²) in [6.45, 7) is 2.11. The van der Waals surface area contributed by atoms with E-state index in [1.165, 1.54) is 54.9 Å². The van der Waals surface area contributed by atoms with Crippen molar-refractivity contribution in [3.8, 4) is 5.75 Å². The average Bonchev–Trinajstić information content (AvgIpc) is 2.91. The summed E-state index contributed by atoms with van der Waals surface area (Å²) in [5.74, 6) is -0.824. The van der Waals surface area contributed by atoms with Crippen LogP contribution in [0.1, 0.15) is 33.2 Å². The predicted octanol–water partition coefficient (Wildman–Crippen LogP) is 4.96. The first kappa shape index (κ1) is 24.5. The van der Waals surface area contributed by atoms with Gasteiger partial charge in [-0.15, -0.1) is 0 Å². The van der Waals surface area contributed by atoms with Gasteiger partial charge in [0.25, 0.3) is 11.8 Å². The fraction of sp³-hybridized carbons (Fsp3) is 0.143. The van der Waals surface area contributed by atoms with Gasteiger partial charge in [-0.3, -0.25) is 14.6 Å². The van der Waals surface area contributed by atoms with Crippen LogP contribution >= 0.6 is 0 Å². The van der Waals surface area contributed by atoms with Gasteiger partial charge in [0.2, 0.25) is 0 Å². The van der Waals surface area contributed by atoms with E-state index in [0.29, 0.717) is 17.0 Å². The van der Waals surface area contributed by atoms with Crippen molar-refractivity contribution in [1.82, 2.24) is 14.9 Å². The minimum atomic E-state index is -1.05. The third-order valence-electron chi connectivity index (χ3n) is 5.60. The van der Waals surface area contributed by atoms with Gasteiger partial charge >= 0.3 is 0 Å². The zero-order valence-corrected chi connectivity index (χ0v) is 19.9. The van der Waals surface area contributed by atoms with Crippen molar-refractivity contribution in [2.45, 2.75) is 19.5 Å². The Kier molecular flexibility index (Phi) is 7.65. The van der Waals surface area contributed by atoms with Gasteiger partial charge in [0, 0.05) is 24.6 Å². The molecule has 36 heavy (non-hydrogen) atoms. The number of anilines is 1. The number of methoxy groups -OCH3 is 1. The highest BCUT2D eigenvalue weighted by atomic mass is 19.1. The van der Waals surface area contributed by atoms with Crippen LogP contribution in [0.3, 0.4) is 0 Å². The molecule has 0 spiro atoms. The molecule has 1 atom stereocenters. The van der Waals surface area contributed by atoms with Gasteiger partial charge in [-0.2, -0.15) is 0 Å². The molecule has 0 saturated carbocycles. The zero-order chi connectivity index (χ0) is 25.5. The Morgan fingerprint density at radius 1 is 1.03 bits per heavy atom. The highest BCUT2D eigenvalue weighted by Crippen LogP contribution is 2.29. The molecule has 4 rings (SSSR count). The van der Waals surface area contributed by atoms with Gasteiger partial charge in [0.15, 0.2) is 0 Å². The number of hydrogen-bond acceptors (Lipinski definition) is 5. The summed E-state index contributed by atoms with van der Waals surface area (Å²) >= 11 is 0. The molecule has 8 heteroatoms. The maximum Gasteiger partial charge on any atom is 0.275 e. The Morgan fingerprint density at radius 2 is 1.78 bits per heavy atom. The number of benzene rings is 3. The van der Waals surface area contributed by atoms with E-state index in [4.69, 9.17) is 4.74 Å². The van der Waals surface area contributed by atoms with Crippen molar-refractivity contribution in [1.29, 1.82) is 0 Å². The molecule has 1 N–H and O–H groups in total.